The molecule has 0 spiro atoms. The second-order valence-electron chi connectivity index (χ2n) is 4.87. The van der Waals surface area contributed by atoms with E-state index in [-0.39, 0.29) is 11.4 Å². The molecule has 88 valence electrons. The Labute approximate surface area is 95.6 Å². The zero-order chi connectivity index (χ0) is 11.6. The van der Waals surface area contributed by atoms with Gasteiger partial charge in [-0.3, -0.25) is 0 Å². The first-order valence-electron chi connectivity index (χ1n) is 5.84. The number of rotatable bonds is 3. The van der Waals surface area contributed by atoms with Crippen LogP contribution in [0.4, 0.5) is 4.79 Å². The summed E-state index contributed by atoms with van der Waals surface area (Å²) in [5.74, 6) is 0. The summed E-state index contributed by atoms with van der Waals surface area (Å²) in [4.78, 5) is 12.6. The second-order valence-corrected chi connectivity index (χ2v) is 4.87. The van der Waals surface area contributed by atoms with Gasteiger partial charge in [0.15, 0.2) is 0 Å². The van der Waals surface area contributed by atoms with Gasteiger partial charge in [-0.05, 0) is 25.7 Å². The summed E-state index contributed by atoms with van der Waals surface area (Å²) in [6, 6.07) is 2.48. The fourth-order valence-electron chi connectivity index (χ4n) is 2.12. The van der Waals surface area contributed by atoms with E-state index in [2.05, 4.69) is 11.4 Å². The maximum absolute atomic E-state index is 10.9. The number of nitrogens with two attached hydrogens (primary N) is 1. The second kappa shape index (κ2) is 4.30. The van der Waals surface area contributed by atoms with E-state index in [1.54, 1.807) is 4.90 Å². The highest BCUT2D eigenvalue weighted by Crippen LogP contribution is 2.44. The lowest BCUT2D eigenvalue weighted by Crippen LogP contribution is -2.47. The van der Waals surface area contributed by atoms with Gasteiger partial charge in [0.25, 0.3) is 0 Å². The van der Waals surface area contributed by atoms with Crippen molar-refractivity contribution in [3.05, 3.63) is 0 Å². The molecule has 5 heteroatoms. The van der Waals surface area contributed by atoms with Gasteiger partial charge in [-0.15, -0.1) is 0 Å². The van der Waals surface area contributed by atoms with Crippen LogP contribution in [0.1, 0.15) is 25.7 Å². The molecule has 1 aliphatic heterocycles. The van der Waals surface area contributed by atoms with Gasteiger partial charge in [-0.2, -0.15) is 5.26 Å². The summed E-state index contributed by atoms with van der Waals surface area (Å²) < 4.78 is 0. The minimum absolute atomic E-state index is 0.0825. The fraction of sp³-hybridized carbons (Fsp3) is 0.818. The lowest BCUT2D eigenvalue weighted by atomic mass is 10.0. The predicted molar refractivity (Wildman–Crippen MR) is 59.5 cm³/mol. The molecule has 0 atom stereocenters. The predicted octanol–water partition coefficient (Wildman–Crippen LogP) is 0.423. The molecule has 1 heterocycles. The lowest BCUT2D eigenvalue weighted by Gasteiger charge is -2.31. The third kappa shape index (κ3) is 2.45. The van der Waals surface area contributed by atoms with Crippen molar-refractivity contribution in [2.24, 2.45) is 11.1 Å². The van der Waals surface area contributed by atoms with Crippen LogP contribution in [0.25, 0.3) is 0 Å². The summed E-state index contributed by atoms with van der Waals surface area (Å²) in [5, 5.41) is 12.4. The van der Waals surface area contributed by atoms with Crippen molar-refractivity contribution in [1.82, 2.24) is 10.2 Å². The van der Waals surface area contributed by atoms with Gasteiger partial charge in [0.2, 0.25) is 0 Å². The van der Waals surface area contributed by atoms with Gasteiger partial charge >= 0.3 is 6.03 Å². The Bertz CT molecular complexity index is 310. The number of nitriles is 1. The molecule has 2 fully saturated rings. The smallest absolute Gasteiger partial charge is 0.314 e. The summed E-state index contributed by atoms with van der Waals surface area (Å²) in [5.41, 5.74) is 5.13. The van der Waals surface area contributed by atoms with E-state index in [0.717, 1.165) is 45.3 Å². The van der Waals surface area contributed by atoms with Crippen LogP contribution in [0.2, 0.25) is 0 Å². The van der Waals surface area contributed by atoms with Crippen LogP contribution in [0.5, 0.6) is 0 Å². The number of carbonyl (C=O) groups excluding carboxylic acids is 1. The topological polar surface area (TPSA) is 82.2 Å². The van der Waals surface area contributed by atoms with Crippen LogP contribution in [0.3, 0.4) is 0 Å². The van der Waals surface area contributed by atoms with E-state index >= 15 is 0 Å². The van der Waals surface area contributed by atoms with Crippen molar-refractivity contribution in [2.75, 3.05) is 19.6 Å². The highest BCUT2D eigenvalue weighted by Gasteiger charge is 2.43. The van der Waals surface area contributed by atoms with Gasteiger partial charge in [0.05, 0.1) is 11.5 Å². The third-order valence-corrected chi connectivity index (χ3v) is 3.63. The van der Waals surface area contributed by atoms with Crippen molar-refractivity contribution in [1.29, 1.82) is 5.26 Å². The molecule has 1 aliphatic carbocycles. The number of likely N-dealkylation sites (tertiary alicyclic amines) is 1. The van der Waals surface area contributed by atoms with E-state index < -0.39 is 0 Å². The normalized spacial score (nSPS) is 23.8. The average molecular weight is 222 g/mol. The van der Waals surface area contributed by atoms with E-state index in [0.29, 0.717) is 6.04 Å². The molecule has 0 unspecified atom stereocenters. The molecule has 3 N–H and O–H groups in total. The van der Waals surface area contributed by atoms with E-state index in [4.69, 9.17) is 11.0 Å². The Morgan fingerprint density at radius 3 is 2.56 bits per heavy atom. The first kappa shape index (κ1) is 11.2. The van der Waals surface area contributed by atoms with Crippen molar-refractivity contribution < 1.29 is 4.79 Å². The van der Waals surface area contributed by atoms with Crippen molar-refractivity contribution in [3.63, 3.8) is 0 Å². The fourth-order valence-corrected chi connectivity index (χ4v) is 2.12. The molecule has 0 aromatic rings. The highest BCUT2D eigenvalue weighted by atomic mass is 16.2. The number of hydrogen-bond acceptors (Lipinski definition) is 3. The number of hydrogen-bond donors (Lipinski definition) is 2. The molecule has 1 saturated heterocycles. The van der Waals surface area contributed by atoms with Gasteiger partial charge in [0, 0.05) is 25.7 Å². The molecule has 1 saturated carbocycles. The zero-order valence-corrected chi connectivity index (χ0v) is 9.41. The maximum Gasteiger partial charge on any atom is 0.314 e. The first-order valence-corrected chi connectivity index (χ1v) is 5.84. The third-order valence-electron chi connectivity index (χ3n) is 3.63. The van der Waals surface area contributed by atoms with Crippen LogP contribution < -0.4 is 11.1 Å². The monoisotopic (exact) mass is 222 g/mol. The van der Waals surface area contributed by atoms with Gasteiger partial charge < -0.3 is 16.0 Å². The van der Waals surface area contributed by atoms with Crippen molar-refractivity contribution >= 4 is 6.03 Å². The Kier molecular flexibility index (Phi) is 3.01. The lowest BCUT2D eigenvalue weighted by molar-refractivity contribution is 0.184. The maximum atomic E-state index is 10.9. The molecule has 16 heavy (non-hydrogen) atoms. The standard InChI is InChI=1S/C11H18N4O/c12-7-11(3-4-11)8-14-9-1-5-15(6-2-9)10(13)16/h9,14H,1-6,8H2,(H2,13,16). The molecular formula is C11H18N4O. The summed E-state index contributed by atoms with van der Waals surface area (Å²) in [6.07, 6.45) is 3.92. The number of nitrogens with one attached hydrogen (secondary N) is 1. The molecule has 2 amide bonds. The van der Waals surface area contributed by atoms with Crippen LogP contribution in [0, 0.1) is 16.7 Å². The van der Waals surface area contributed by atoms with Gasteiger partial charge in [-0.25, -0.2) is 4.79 Å². The first-order chi connectivity index (χ1) is 7.65. The number of piperidine rings is 1. The molecule has 0 aromatic heterocycles. The Morgan fingerprint density at radius 1 is 1.50 bits per heavy atom. The number of urea groups is 1. The number of carbonyl (C=O) groups is 1. The van der Waals surface area contributed by atoms with E-state index in [1.807, 2.05) is 0 Å². The molecule has 5 nitrogen and oxygen atoms in total. The Hall–Kier alpha value is -1.28. The zero-order valence-electron chi connectivity index (χ0n) is 9.41. The van der Waals surface area contributed by atoms with Crippen molar-refractivity contribution in [2.45, 2.75) is 31.7 Å². The molecule has 2 rings (SSSR count). The number of amides is 2. The van der Waals surface area contributed by atoms with Gasteiger partial charge in [-0.1, -0.05) is 0 Å². The highest BCUT2D eigenvalue weighted by molar-refractivity contribution is 5.72. The minimum Gasteiger partial charge on any atom is -0.351 e. The van der Waals surface area contributed by atoms with Gasteiger partial charge in [0.1, 0.15) is 0 Å². The largest absolute Gasteiger partial charge is 0.351 e. The van der Waals surface area contributed by atoms with E-state index in [1.165, 1.54) is 0 Å². The Balaban J connectivity index is 1.70. The van der Waals surface area contributed by atoms with Crippen LogP contribution in [-0.2, 0) is 0 Å². The average Bonchev–Trinajstić information content (AvgIpc) is 3.08. The van der Waals surface area contributed by atoms with Crippen LogP contribution in [0.15, 0.2) is 0 Å². The molecular weight excluding hydrogens is 204 g/mol. The molecule has 0 aromatic carbocycles. The summed E-state index contributed by atoms with van der Waals surface area (Å²) >= 11 is 0. The SMILES string of the molecule is N#CC1(CNC2CCN(C(N)=O)CC2)CC1. The van der Waals surface area contributed by atoms with Crippen molar-refractivity contribution in [3.8, 4) is 6.07 Å². The van der Waals surface area contributed by atoms with Crippen LogP contribution in [-0.4, -0.2) is 36.6 Å². The summed E-state index contributed by atoms with van der Waals surface area (Å²) in [6.45, 7) is 2.25. The van der Waals surface area contributed by atoms with E-state index in [9.17, 15) is 4.79 Å². The minimum atomic E-state index is -0.325. The molecule has 0 bridgehead atoms. The summed E-state index contributed by atoms with van der Waals surface area (Å²) in [7, 11) is 0. The quantitative estimate of drug-likeness (QED) is 0.726. The number of nitrogens with zero attached hydrogens (tertiary/aromatic N) is 2. The Morgan fingerprint density at radius 2 is 2.12 bits per heavy atom. The van der Waals surface area contributed by atoms with Crippen LogP contribution >= 0.6 is 0 Å². The number of primary amides is 1. The molecule has 0 radical (unpaired) electrons. The molecule has 2 aliphatic rings.